The number of rotatable bonds is 10. The van der Waals surface area contributed by atoms with Gasteiger partial charge in [-0.3, -0.25) is 9.59 Å². The lowest BCUT2D eigenvalue weighted by Gasteiger charge is -2.35. The molecule has 1 fully saturated rings. The summed E-state index contributed by atoms with van der Waals surface area (Å²) in [7, 11) is 0. The molecular formula is C35H37N3O6. The number of hydrogen-bond acceptors (Lipinski definition) is 7. The topological polar surface area (TPSA) is 126 Å². The van der Waals surface area contributed by atoms with E-state index in [-0.39, 0.29) is 30.1 Å². The minimum absolute atomic E-state index is 0.0335. The van der Waals surface area contributed by atoms with Gasteiger partial charge in [0.15, 0.2) is 5.78 Å². The number of ketones is 1. The summed E-state index contributed by atoms with van der Waals surface area (Å²) < 4.78 is 10.9. The number of carbonyl (C=O) groups excluding carboxylic acids is 3. The van der Waals surface area contributed by atoms with Crippen LogP contribution in [-0.2, 0) is 27.1 Å². The molecule has 2 amide bonds. The molecule has 0 aliphatic carbocycles. The van der Waals surface area contributed by atoms with E-state index >= 15 is 0 Å². The summed E-state index contributed by atoms with van der Waals surface area (Å²) in [6.45, 7) is 1.18. The van der Waals surface area contributed by atoms with Gasteiger partial charge in [-0.05, 0) is 29.2 Å². The normalized spacial score (nSPS) is 24.0. The maximum atomic E-state index is 14.5. The molecule has 4 N–H and O–H groups in total. The molecule has 0 bridgehead atoms. The minimum atomic E-state index is -1.17. The predicted molar refractivity (Wildman–Crippen MR) is 164 cm³/mol. The molecule has 9 heteroatoms. The van der Waals surface area contributed by atoms with Crippen molar-refractivity contribution in [1.82, 2.24) is 16.0 Å². The summed E-state index contributed by atoms with van der Waals surface area (Å²) in [5, 5.41) is 21.0. The van der Waals surface area contributed by atoms with Crippen molar-refractivity contribution in [3.63, 3.8) is 0 Å². The maximum absolute atomic E-state index is 14.5. The van der Waals surface area contributed by atoms with Crippen molar-refractivity contribution in [2.45, 2.75) is 55.4 Å². The number of fused-ring (bicyclic) bond motifs is 1. The Morgan fingerprint density at radius 1 is 1.00 bits per heavy atom. The van der Waals surface area contributed by atoms with Gasteiger partial charge in [0, 0.05) is 49.1 Å². The number of nitrogens with one attached hydrogen (secondary N) is 3. The van der Waals surface area contributed by atoms with Crippen LogP contribution in [0.3, 0.4) is 0 Å². The lowest BCUT2D eigenvalue weighted by molar-refractivity contribution is -0.122. The van der Waals surface area contributed by atoms with Gasteiger partial charge in [-0.1, -0.05) is 78.9 Å². The Hall–Kier alpha value is -4.47. The first-order chi connectivity index (χ1) is 21.4. The Bertz CT molecular complexity index is 1520. The fourth-order valence-corrected chi connectivity index (χ4v) is 6.46. The number of aliphatic hydroxyl groups is 1. The number of carbonyl (C=O) groups is 3. The van der Waals surface area contributed by atoms with E-state index in [1.807, 2.05) is 78.9 Å². The molecule has 44 heavy (non-hydrogen) atoms. The number of aliphatic hydroxyl groups excluding tert-OH is 1. The van der Waals surface area contributed by atoms with Crippen LogP contribution in [0.1, 0.15) is 45.8 Å². The van der Waals surface area contributed by atoms with Crippen molar-refractivity contribution < 1.29 is 29.0 Å². The summed E-state index contributed by atoms with van der Waals surface area (Å²) in [6.07, 6.45) is 0.999. The average molecular weight is 596 g/mol. The largest absolute Gasteiger partial charge is 0.444 e. The van der Waals surface area contributed by atoms with Crippen molar-refractivity contribution in [2.24, 2.45) is 0 Å². The first-order valence-electron chi connectivity index (χ1n) is 15.1. The minimum Gasteiger partial charge on any atom is -0.444 e. The Balaban J connectivity index is 1.27. The highest BCUT2D eigenvalue weighted by Gasteiger charge is 2.48. The summed E-state index contributed by atoms with van der Waals surface area (Å²) in [5.41, 5.74) is 2.59. The third kappa shape index (κ3) is 6.39. The third-order valence-electron chi connectivity index (χ3n) is 8.76. The van der Waals surface area contributed by atoms with E-state index in [0.29, 0.717) is 50.2 Å². The number of benzene rings is 3. The van der Waals surface area contributed by atoms with Crippen LogP contribution in [0.2, 0.25) is 0 Å². The molecule has 0 spiro atoms. The molecule has 6 rings (SSSR count). The molecule has 3 heterocycles. The van der Waals surface area contributed by atoms with Crippen molar-refractivity contribution in [2.75, 3.05) is 19.8 Å². The van der Waals surface area contributed by atoms with Crippen LogP contribution in [-0.4, -0.2) is 66.4 Å². The molecule has 3 aliphatic rings. The van der Waals surface area contributed by atoms with Crippen LogP contribution >= 0.6 is 0 Å². The van der Waals surface area contributed by atoms with Gasteiger partial charge in [0.1, 0.15) is 11.6 Å². The van der Waals surface area contributed by atoms with Crippen molar-refractivity contribution in [3.05, 3.63) is 119 Å². The Labute approximate surface area is 256 Å². The summed E-state index contributed by atoms with van der Waals surface area (Å²) >= 11 is 0. The SMILES string of the molecule is O=C(N[C@@H](Cc1ccccc1)[C@@H](O)C[C@]1(Cc2ccccc2)NC=C(C2CNC(=O)c3ccccc32)C1=O)O[C@H]1CCOC1. The number of ether oxygens (including phenoxy) is 2. The monoisotopic (exact) mass is 595 g/mol. The zero-order valence-corrected chi connectivity index (χ0v) is 24.4. The van der Waals surface area contributed by atoms with E-state index < -0.39 is 23.8 Å². The molecule has 0 radical (unpaired) electrons. The van der Waals surface area contributed by atoms with Crippen LogP contribution in [0, 0.1) is 0 Å². The van der Waals surface area contributed by atoms with Gasteiger partial charge in [-0.2, -0.15) is 0 Å². The van der Waals surface area contributed by atoms with Crippen molar-refractivity contribution >= 4 is 17.8 Å². The average Bonchev–Trinajstić information content (AvgIpc) is 3.66. The molecule has 0 saturated carbocycles. The van der Waals surface area contributed by atoms with Gasteiger partial charge in [-0.25, -0.2) is 4.79 Å². The van der Waals surface area contributed by atoms with Crippen LogP contribution in [0.4, 0.5) is 4.79 Å². The molecule has 9 nitrogen and oxygen atoms in total. The molecule has 3 aromatic carbocycles. The Morgan fingerprint density at radius 3 is 2.43 bits per heavy atom. The van der Waals surface area contributed by atoms with Gasteiger partial charge < -0.3 is 30.5 Å². The van der Waals surface area contributed by atoms with E-state index in [0.717, 1.165) is 16.7 Å². The summed E-state index contributed by atoms with van der Waals surface area (Å²) in [5.74, 6) is -0.631. The predicted octanol–water partition coefficient (Wildman–Crippen LogP) is 3.43. The first kappa shape index (κ1) is 29.6. The second-order valence-corrected chi connectivity index (χ2v) is 11.8. The fourth-order valence-electron chi connectivity index (χ4n) is 6.46. The van der Waals surface area contributed by atoms with Crippen LogP contribution in [0.5, 0.6) is 0 Å². The molecule has 0 aromatic heterocycles. The fraction of sp³-hybridized carbons (Fsp3) is 0.343. The van der Waals surface area contributed by atoms with Crippen molar-refractivity contribution in [3.8, 4) is 0 Å². The lowest BCUT2D eigenvalue weighted by Crippen LogP contribution is -2.55. The molecule has 1 saturated heterocycles. The number of alkyl carbamates (subject to hydrolysis) is 1. The van der Waals surface area contributed by atoms with Gasteiger partial charge >= 0.3 is 6.09 Å². The van der Waals surface area contributed by atoms with E-state index in [1.165, 1.54) is 0 Å². The summed E-state index contributed by atoms with van der Waals surface area (Å²) in [6, 6.07) is 25.9. The Morgan fingerprint density at radius 2 is 1.70 bits per heavy atom. The highest BCUT2D eigenvalue weighted by molar-refractivity contribution is 6.07. The van der Waals surface area contributed by atoms with Gasteiger partial charge in [0.05, 0.1) is 25.4 Å². The zero-order valence-electron chi connectivity index (χ0n) is 24.4. The smallest absolute Gasteiger partial charge is 0.407 e. The second kappa shape index (κ2) is 13.0. The quantitative estimate of drug-likeness (QED) is 0.283. The second-order valence-electron chi connectivity index (χ2n) is 11.8. The highest BCUT2D eigenvalue weighted by atomic mass is 16.6. The third-order valence-corrected chi connectivity index (χ3v) is 8.76. The molecule has 3 aromatic rings. The molecular weight excluding hydrogens is 558 g/mol. The molecule has 1 unspecified atom stereocenters. The first-order valence-corrected chi connectivity index (χ1v) is 15.1. The van der Waals surface area contributed by atoms with Gasteiger partial charge in [0.2, 0.25) is 0 Å². The lowest BCUT2D eigenvalue weighted by atomic mass is 9.75. The zero-order chi connectivity index (χ0) is 30.5. The Kier molecular flexibility index (Phi) is 8.77. The standard InChI is InChI=1S/C35H37N3O6/c39-31(30(17-23-9-3-1-4-10-23)38-34(42)44-25-15-16-43-22-25)19-35(18-24-11-5-2-6-12-24)32(40)29(21-37-35)28-20-36-33(41)27-14-8-7-13-26(27)28/h1-14,21,25,28,30-31,37,39H,15-20,22H2,(H,36,41)(H,38,42)/t25-,28?,30-,31-,35-/m0/s1. The van der Waals surface area contributed by atoms with E-state index in [2.05, 4.69) is 16.0 Å². The van der Waals surface area contributed by atoms with Crippen LogP contribution in [0.15, 0.2) is 96.7 Å². The van der Waals surface area contributed by atoms with Crippen LogP contribution < -0.4 is 16.0 Å². The summed E-state index contributed by atoms with van der Waals surface area (Å²) in [4.78, 5) is 40.0. The maximum Gasteiger partial charge on any atom is 0.407 e. The van der Waals surface area contributed by atoms with Crippen LogP contribution in [0.25, 0.3) is 0 Å². The number of hydrogen-bond donors (Lipinski definition) is 4. The number of amides is 2. The molecule has 5 atom stereocenters. The van der Waals surface area contributed by atoms with Gasteiger partial charge in [0.25, 0.3) is 5.91 Å². The van der Waals surface area contributed by atoms with E-state index in [9.17, 15) is 19.5 Å². The molecule has 228 valence electrons. The van der Waals surface area contributed by atoms with E-state index in [4.69, 9.17) is 9.47 Å². The van der Waals surface area contributed by atoms with E-state index in [1.54, 1.807) is 12.3 Å². The molecule has 3 aliphatic heterocycles. The number of Topliss-reactive ketones (excluding diaryl/α,β-unsaturated/α-hetero) is 1. The van der Waals surface area contributed by atoms with Crippen molar-refractivity contribution in [1.29, 1.82) is 0 Å². The van der Waals surface area contributed by atoms with Gasteiger partial charge in [-0.15, -0.1) is 0 Å². The highest BCUT2D eigenvalue weighted by Crippen LogP contribution is 2.38.